The molecule has 1 fully saturated rings. The van der Waals surface area contributed by atoms with Gasteiger partial charge in [-0.05, 0) is 88.5 Å². The highest BCUT2D eigenvalue weighted by Crippen LogP contribution is 2.40. The minimum absolute atomic E-state index is 0.0202. The molecule has 1 atom stereocenters. The molecule has 2 aromatic heterocycles. The lowest BCUT2D eigenvalue weighted by Gasteiger charge is -2.30. The van der Waals surface area contributed by atoms with Crippen LogP contribution < -0.4 is 10.2 Å². The standard InChI is InChI=1S/C31H32ClN7OS/c1-19-26(12-11-23-6-4-5-15-35-23)41-31-28(19)29(21-7-9-22(32)10-8-21)37-25(30(34)39(31)20(2)33)18-27(40)36-24-13-16-38(3)17-14-24/h4-10,15,24-25,33-34H,13-14,16-18H2,1-3H3,(H,36,40)/t25-/m0/s1. The van der Waals surface area contributed by atoms with Gasteiger partial charge in [0.1, 0.15) is 28.4 Å². The van der Waals surface area contributed by atoms with Crippen LogP contribution in [0.4, 0.5) is 5.00 Å². The van der Waals surface area contributed by atoms with E-state index in [2.05, 4.69) is 34.1 Å². The maximum absolute atomic E-state index is 13.2. The van der Waals surface area contributed by atoms with E-state index in [1.54, 1.807) is 30.2 Å². The molecule has 3 aromatic rings. The summed E-state index contributed by atoms with van der Waals surface area (Å²) < 4.78 is 0. The third-order valence-corrected chi connectivity index (χ3v) is 8.74. The van der Waals surface area contributed by atoms with Crippen LogP contribution in [0.2, 0.25) is 5.02 Å². The van der Waals surface area contributed by atoms with Crippen LogP contribution in [-0.4, -0.2) is 65.4 Å². The highest BCUT2D eigenvalue weighted by atomic mass is 35.5. The fourth-order valence-electron chi connectivity index (χ4n) is 5.07. The van der Waals surface area contributed by atoms with Gasteiger partial charge in [0.2, 0.25) is 5.91 Å². The maximum Gasteiger partial charge on any atom is 0.222 e. The van der Waals surface area contributed by atoms with Crippen molar-refractivity contribution in [2.24, 2.45) is 4.99 Å². The summed E-state index contributed by atoms with van der Waals surface area (Å²) in [5.74, 6) is 6.51. The van der Waals surface area contributed by atoms with Crippen molar-refractivity contribution >= 4 is 51.2 Å². The average Bonchev–Trinajstić information content (AvgIpc) is 3.20. The lowest BCUT2D eigenvalue weighted by Crippen LogP contribution is -2.46. The molecule has 0 saturated carbocycles. The Morgan fingerprint density at radius 1 is 1.17 bits per heavy atom. The zero-order valence-corrected chi connectivity index (χ0v) is 24.9. The Kier molecular flexibility index (Phi) is 8.64. The predicted molar refractivity (Wildman–Crippen MR) is 167 cm³/mol. The Balaban J connectivity index is 1.57. The first-order valence-corrected chi connectivity index (χ1v) is 14.7. The van der Waals surface area contributed by atoms with Crippen LogP contribution in [0.5, 0.6) is 0 Å². The maximum atomic E-state index is 13.2. The number of aromatic nitrogens is 1. The normalized spacial score (nSPS) is 17.7. The number of anilines is 1. The van der Waals surface area contributed by atoms with E-state index >= 15 is 0 Å². The Morgan fingerprint density at radius 2 is 1.90 bits per heavy atom. The molecular formula is C31H32ClN7OS. The Bertz CT molecular complexity index is 1560. The molecule has 0 spiro atoms. The van der Waals surface area contributed by atoms with Crippen molar-refractivity contribution in [3.05, 3.63) is 80.9 Å². The van der Waals surface area contributed by atoms with Gasteiger partial charge in [0.15, 0.2) is 0 Å². The van der Waals surface area contributed by atoms with Gasteiger partial charge >= 0.3 is 0 Å². The number of thiophene rings is 1. The number of nitrogens with zero attached hydrogens (tertiary/aromatic N) is 4. The molecule has 0 bridgehead atoms. The molecule has 210 valence electrons. The lowest BCUT2D eigenvalue weighted by molar-refractivity contribution is -0.122. The van der Waals surface area contributed by atoms with Crippen molar-refractivity contribution in [3.63, 3.8) is 0 Å². The first kappa shape index (κ1) is 28.7. The van der Waals surface area contributed by atoms with Crippen LogP contribution >= 0.6 is 22.9 Å². The molecule has 8 nitrogen and oxygen atoms in total. The van der Waals surface area contributed by atoms with E-state index in [1.807, 2.05) is 37.3 Å². The molecule has 3 N–H and O–H groups in total. The Hall–Kier alpha value is -3.84. The van der Waals surface area contributed by atoms with Gasteiger partial charge in [-0.1, -0.05) is 29.8 Å². The number of likely N-dealkylation sites (tertiary alicyclic amines) is 1. The molecular weight excluding hydrogens is 554 g/mol. The van der Waals surface area contributed by atoms with Gasteiger partial charge in [0.25, 0.3) is 0 Å². The number of halogens is 1. The van der Waals surface area contributed by atoms with Gasteiger partial charge < -0.3 is 10.2 Å². The predicted octanol–water partition coefficient (Wildman–Crippen LogP) is 5.11. The Morgan fingerprint density at radius 3 is 2.56 bits per heavy atom. The van der Waals surface area contributed by atoms with Gasteiger partial charge in [-0.2, -0.15) is 0 Å². The lowest BCUT2D eigenvalue weighted by atomic mass is 9.99. The molecule has 0 radical (unpaired) electrons. The third-order valence-electron chi connectivity index (χ3n) is 7.29. The third kappa shape index (κ3) is 6.41. The van der Waals surface area contributed by atoms with Gasteiger partial charge in [-0.3, -0.25) is 25.5 Å². The van der Waals surface area contributed by atoms with Crippen LogP contribution in [0.1, 0.15) is 53.4 Å². The fourth-order valence-corrected chi connectivity index (χ4v) is 6.42. The highest BCUT2D eigenvalue weighted by Gasteiger charge is 2.35. The summed E-state index contributed by atoms with van der Waals surface area (Å²) in [5.41, 5.74) is 3.83. The van der Waals surface area contributed by atoms with Gasteiger partial charge in [-0.25, -0.2) is 4.98 Å². The summed E-state index contributed by atoms with van der Waals surface area (Å²) in [5, 5.41) is 22.3. The first-order valence-electron chi connectivity index (χ1n) is 13.5. The number of carbonyl (C=O) groups excluding carboxylic acids is 1. The number of hydrogen-bond acceptors (Lipinski definition) is 7. The summed E-state index contributed by atoms with van der Waals surface area (Å²) >= 11 is 7.63. The van der Waals surface area contributed by atoms with Crippen molar-refractivity contribution in [3.8, 4) is 11.8 Å². The first-order chi connectivity index (χ1) is 19.7. The van der Waals surface area contributed by atoms with Gasteiger partial charge in [0.05, 0.1) is 17.0 Å². The van der Waals surface area contributed by atoms with E-state index in [4.69, 9.17) is 22.0 Å². The van der Waals surface area contributed by atoms with E-state index in [1.165, 1.54) is 11.3 Å². The fraction of sp³-hybridized carbons (Fsp3) is 0.323. The van der Waals surface area contributed by atoms with Crippen molar-refractivity contribution in [1.82, 2.24) is 15.2 Å². The molecule has 1 saturated heterocycles. The summed E-state index contributed by atoms with van der Waals surface area (Å²) in [6.45, 7) is 5.51. The summed E-state index contributed by atoms with van der Waals surface area (Å²) in [6.07, 6.45) is 3.52. The number of amides is 1. The topological polar surface area (TPSA) is 109 Å². The Labute approximate surface area is 249 Å². The van der Waals surface area contributed by atoms with Gasteiger partial charge in [0, 0.05) is 28.4 Å². The van der Waals surface area contributed by atoms with Crippen LogP contribution in [0.25, 0.3) is 0 Å². The highest BCUT2D eigenvalue weighted by molar-refractivity contribution is 7.17. The zero-order chi connectivity index (χ0) is 29.1. The molecule has 10 heteroatoms. The number of hydrogen-bond donors (Lipinski definition) is 3. The molecule has 2 aliphatic heterocycles. The molecule has 0 unspecified atom stereocenters. The molecule has 41 heavy (non-hydrogen) atoms. The van der Waals surface area contributed by atoms with Crippen molar-refractivity contribution < 1.29 is 4.79 Å². The molecule has 5 rings (SSSR count). The summed E-state index contributed by atoms with van der Waals surface area (Å²) in [6, 6.07) is 12.3. The number of rotatable bonds is 4. The van der Waals surface area contributed by atoms with E-state index in [0.717, 1.165) is 47.5 Å². The van der Waals surface area contributed by atoms with Gasteiger partial charge in [-0.15, -0.1) is 11.3 Å². The van der Waals surface area contributed by atoms with Crippen LogP contribution in [0, 0.1) is 29.6 Å². The van der Waals surface area contributed by atoms with Crippen LogP contribution in [-0.2, 0) is 4.79 Å². The van der Waals surface area contributed by atoms with Crippen LogP contribution in [0.3, 0.4) is 0 Å². The zero-order valence-electron chi connectivity index (χ0n) is 23.3. The number of aliphatic imine (C=N–C) groups is 1. The molecule has 1 aromatic carbocycles. The largest absolute Gasteiger partial charge is 0.353 e. The quantitative estimate of drug-likeness (QED) is 0.225. The number of carbonyl (C=O) groups is 1. The number of pyridine rings is 1. The molecule has 4 heterocycles. The summed E-state index contributed by atoms with van der Waals surface area (Å²) in [7, 11) is 2.09. The number of piperidine rings is 1. The minimum atomic E-state index is -0.769. The minimum Gasteiger partial charge on any atom is -0.353 e. The average molecular weight is 586 g/mol. The SMILES string of the molecule is CC(=N)N1C(=N)[C@H](CC(=O)NC2CCN(C)CC2)N=C(c2ccc(Cl)cc2)c2c1sc(C#Cc1ccccn1)c2C. The number of benzene rings is 1. The van der Waals surface area contributed by atoms with Crippen LogP contribution in [0.15, 0.2) is 53.7 Å². The second-order valence-electron chi connectivity index (χ2n) is 10.4. The summed E-state index contributed by atoms with van der Waals surface area (Å²) in [4.78, 5) is 27.3. The second kappa shape index (κ2) is 12.4. The van der Waals surface area contributed by atoms with Crippen molar-refractivity contribution in [1.29, 1.82) is 10.8 Å². The molecule has 2 aliphatic rings. The van der Waals surface area contributed by atoms with Crippen molar-refractivity contribution in [2.45, 2.75) is 45.2 Å². The number of amidine groups is 2. The number of nitrogens with one attached hydrogen (secondary N) is 3. The number of fused-ring (bicyclic) bond motifs is 1. The molecule has 1 amide bonds. The van der Waals surface area contributed by atoms with E-state index in [0.29, 0.717) is 21.4 Å². The van der Waals surface area contributed by atoms with E-state index in [9.17, 15) is 10.2 Å². The van der Waals surface area contributed by atoms with E-state index in [-0.39, 0.29) is 30.0 Å². The smallest absolute Gasteiger partial charge is 0.222 e. The molecule has 0 aliphatic carbocycles. The second-order valence-corrected chi connectivity index (χ2v) is 11.8. The van der Waals surface area contributed by atoms with E-state index < -0.39 is 6.04 Å². The monoisotopic (exact) mass is 585 g/mol. The van der Waals surface area contributed by atoms with Crippen molar-refractivity contribution in [2.75, 3.05) is 25.0 Å².